The number of anilines is 1. The predicted molar refractivity (Wildman–Crippen MR) is 117 cm³/mol. The average molecular weight is 428 g/mol. The van der Waals surface area contributed by atoms with Gasteiger partial charge in [0.05, 0.1) is 23.9 Å². The van der Waals surface area contributed by atoms with E-state index in [0.29, 0.717) is 18.5 Å². The van der Waals surface area contributed by atoms with E-state index in [2.05, 4.69) is 34.0 Å². The van der Waals surface area contributed by atoms with E-state index in [1.54, 1.807) is 12.3 Å². The van der Waals surface area contributed by atoms with Gasteiger partial charge in [0.15, 0.2) is 0 Å². The first kappa shape index (κ1) is 20.5. The summed E-state index contributed by atoms with van der Waals surface area (Å²) in [5.74, 6) is 0.801. The Bertz CT molecular complexity index is 1070. The first-order valence-electron chi connectivity index (χ1n) is 10.0. The van der Waals surface area contributed by atoms with Gasteiger partial charge in [0.25, 0.3) is 5.56 Å². The zero-order chi connectivity index (χ0) is 21.1. The van der Waals surface area contributed by atoms with E-state index >= 15 is 0 Å². The Hall–Kier alpha value is -2.78. The molecule has 2 atom stereocenters. The monoisotopic (exact) mass is 427 g/mol. The summed E-state index contributed by atoms with van der Waals surface area (Å²) in [6, 6.07) is 5.72. The van der Waals surface area contributed by atoms with Crippen LogP contribution in [0.3, 0.4) is 0 Å². The van der Waals surface area contributed by atoms with Crippen molar-refractivity contribution < 1.29 is 9.53 Å². The van der Waals surface area contributed by atoms with E-state index in [1.807, 2.05) is 17.5 Å². The summed E-state index contributed by atoms with van der Waals surface area (Å²) in [6.07, 6.45) is 3.87. The second-order valence-corrected chi connectivity index (χ2v) is 8.49. The zero-order valence-corrected chi connectivity index (χ0v) is 17.9. The number of fused-ring (bicyclic) bond motifs is 1. The van der Waals surface area contributed by atoms with Crippen LogP contribution in [0.15, 0.2) is 40.9 Å². The molecule has 30 heavy (non-hydrogen) atoms. The third kappa shape index (κ3) is 4.68. The van der Waals surface area contributed by atoms with Gasteiger partial charge >= 0.3 is 0 Å². The van der Waals surface area contributed by atoms with Crippen LogP contribution in [-0.2, 0) is 22.6 Å². The minimum absolute atomic E-state index is 0.111. The molecule has 1 aliphatic rings. The third-order valence-corrected chi connectivity index (χ3v) is 5.89. The molecule has 0 radical (unpaired) electrons. The molecule has 9 heteroatoms. The lowest BCUT2D eigenvalue weighted by Gasteiger charge is -2.36. The molecule has 1 aliphatic heterocycles. The van der Waals surface area contributed by atoms with Crippen LogP contribution in [0.5, 0.6) is 0 Å². The van der Waals surface area contributed by atoms with Crippen LogP contribution in [0, 0.1) is 0 Å². The van der Waals surface area contributed by atoms with Crippen molar-refractivity contribution in [2.24, 2.45) is 0 Å². The molecule has 0 bridgehead atoms. The van der Waals surface area contributed by atoms with E-state index < -0.39 is 0 Å². The third-order valence-electron chi connectivity index (χ3n) is 5.07. The first-order valence-corrected chi connectivity index (χ1v) is 10.9. The second-order valence-electron chi connectivity index (χ2n) is 7.60. The molecule has 0 aliphatic carbocycles. The maximum absolute atomic E-state index is 12.4. The Kier molecular flexibility index (Phi) is 6.10. The van der Waals surface area contributed by atoms with Crippen LogP contribution in [0.4, 0.5) is 5.82 Å². The van der Waals surface area contributed by atoms with E-state index in [9.17, 15) is 9.59 Å². The summed E-state index contributed by atoms with van der Waals surface area (Å²) < 4.78 is 7.25. The van der Waals surface area contributed by atoms with Gasteiger partial charge in [0.2, 0.25) is 5.91 Å². The van der Waals surface area contributed by atoms with Crippen molar-refractivity contribution in [3.05, 3.63) is 52.0 Å². The number of morpholine rings is 1. The van der Waals surface area contributed by atoms with Crippen LogP contribution < -0.4 is 15.8 Å². The summed E-state index contributed by atoms with van der Waals surface area (Å²) in [5, 5.41) is 5.33. The molecule has 1 N–H and O–H groups in total. The normalized spacial score (nSPS) is 19.2. The van der Waals surface area contributed by atoms with Crippen LogP contribution >= 0.6 is 11.3 Å². The molecule has 2 unspecified atom stereocenters. The summed E-state index contributed by atoms with van der Waals surface area (Å²) in [4.78, 5) is 36.3. The molecule has 0 saturated carbocycles. The van der Waals surface area contributed by atoms with Gasteiger partial charge in [-0.2, -0.15) is 0 Å². The van der Waals surface area contributed by atoms with Gasteiger partial charge < -0.3 is 15.0 Å². The lowest BCUT2D eigenvalue weighted by molar-refractivity contribution is -0.121. The standard InChI is InChI=1S/C21H25N5O3S/c1-14-11-26(12-15(2)29-14)18-4-3-16(9-22-18)10-23-19(27)5-7-25-13-24-20-17(21(25)28)6-8-30-20/h3-4,6,8-9,13-15H,5,7,10-12H2,1-2H3,(H,23,27). The van der Waals surface area contributed by atoms with Crippen LogP contribution in [0.2, 0.25) is 0 Å². The molecule has 1 saturated heterocycles. The fourth-order valence-electron chi connectivity index (χ4n) is 3.64. The Morgan fingerprint density at radius 2 is 2.03 bits per heavy atom. The number of nitrogens with zero attached hydrogens (tertiary/aromatic N) is 4. The molecule has 3 aromatic heterocycles. The van der Waals surface area contributed by atoms with Crippen molar-refractivity contribution in [3.8, 4) is 0 Å². The average Bonchev–Trinajstić information content (AvgIpc) is 3.21. The van der Waals surface area contributed by atoms with Crippen molar-refractivity contribution in [2.75, 3.05) is 18.0 Å². The Balaban J connectivity index is 1.28. The molecule has 8 nitrogen and oxygen atoms in total. The van der Waals surface area contributed by atoms with Gasteiger partial charge in [0, 0.05) is 38.8 Å². The minimum Gasteiger partial charge on any atom is -0.372 e. The smallest absolute Gasteiger partial charge is 0.262 e. The summed E-state index contributed by atoms with van der Waals surface area (Å²) in [5.41, 5.74) is 0.820. The summed E-state index contributed by atoms with van der Waals surface area (Å²) in [7, 11) is 0. The van der Waals surface area contributed by atoms with Crippen LogP contribution in [0.1, 0.15) is 25.8 Å². The number of hydrogen-bond donors (Lipinski definition) is 1. The number of pyridine rings is 1. The molecular formula is C21H25N5O3S. The van der Waals surface area contributed by atoms with E-state index in [1.165, 1.54) is 22.2 Å². The Morgan fingerprint density at radius 3 is 2.77 bits per heavy atom. The predicted octanol–water partition coefficient (Wildman–Crippen LogP) is 2.17. The van der Waals surface area contributed by atoms with Crippen LogP contribution in [-0.4, -0.2) is 45.7 Å². The van der Waals surface area contributed by atoms with Crippen LogP contribution in [0.25, 0.3) is 10.2 Å². The zero-order valence-electron chi connectivity index (χ0n) is 17.1. The quantitative estimate of drug-likeness (QED) is 0.649. The van der Waals surface area contributed by atoms with Crippen molar-refractivity contribution in [1.29, 1.82) is 0 Å². The molecule has 3 aromatic rings. The molecular weight excluding hydrogens is 402 g/mol. The van der Waals surface area contributed by atoms with E-state index in [4.69, 9.17) is 4.74 Å². The lowest BCUT2D eigenvalue weighted by atomic mass is 10.2. The highest BCUT2D eigenvalue weighted by molar-refractivity contribution is 7.16. The van der Waals surface area contributed by atoms with Gasteiger partial charge in [-0.3, -0.25) is 14.2 Å². The highest BCUT2D eigenvalue weighted by Gasteiger charge is 2.22. The fraction of sp³-hybridized carbons (Fsp3) is 0.429. The summed E-state index contributed by atoms with van der Waals surface area (Å²) >= 11 is 1.43. The van der Waals surface area contributed by atoms with Gasteiger partial charge in [-0.25, -0.2) is 9.97 Å². The number of carbonyl (C=O) groups is 1. The van der Waals surface area contributed by atoms with Gasteiger partial charge in [0.1, 0.15) is 10.6 Å². The van der Waals surface area contributed by atoms with Crippen molar-refractivity contribution >= 4 is 33.3 Å². The fourth-order valence-corrected chi connectivity index (χ4v) is 4.36. The molecule has 1 fully saturated rings. The van der Waals surface area contributed by atoms with Gasteiger partial charge in [-0.1, -0.05) is 6.07 Å². The number of hydrogen-bond acceptors (Lipinski definition) is 7. The van der Waals surface area contributed by atoms with Crippen molar-refractivity contribution in [2.45, 2.75) is 45.6 Å². The second kappa shape index (κ2) is 8.93. The first-order chi connectivity index (χ1) is 14.5. The molecule has 158 valence electrons. The molecule has 0 spiro atoms. The summed E-state index contributed by atoms with van der Waals surface area (Å²) in [6.45, 7) is 6.47. The van der Waals surface area contributed by atoms with E-state index in [-0.39, 0.29) is 30.1 Å². The topological polar surface area (TPSA) is 89.4 Å². The number of amides is 1. The number of thiophene rings is 1. The number of aromatic nitrogens is 3. The number of nitrogens with one attached hydrogen (secondary N) is 1. The highest BCUT2D eigenvalue weighted by atomic mass is 32.1. The molecule has 1 amide bonds. The maximum atomic E-state index is 12.4. The number of ether oxygens (including phenoxy) is 1. The molecule has 0 aromatic carbocycles. The van der Waals surface area contributed by atoms with Gasteiger partial charge in [-0.15, -0.1) is 11.3 Å². The lowest BCUT2D eigenvalue weighted by Crippen LogP contribution is -2.45. The van der Waals surface area contributed by atoms with E-state index in [0.717, 1.165) is 29.3 Å². The molecule has 4 rings (SSSR count). The minimum atomic E-state index is -0.118. The maximum Gasteiger partial charge on any atom is 0.262 e. The number of carbonyl (C=O) groups excluding carboxylic acids is 1. The van der Waals surface area contributed by atoms with Crippen molar-refractivity contribution in [1.82, 2.24) is 19.9 Å². The molecule has 4 heterocycles. The van der Waals surface area contributed by atoms with Gasteiger partial charge in [-0.05, 0) is 36.9 Å². The Morgan fingerprint density at radius 1 is 1.23 bits per heavy atom. The highest BCUT2D eigenvalue weighted by Crippen LogP contribution is 2.18. The Labute approximate surface area is 178 Å². The SMILES string of the molecule is CC1CN(c2ccc(CNC(=O)CCn3cnc4sccc4c3=O)cn2)CC(C)O1. The number of aryl methyl sites for hydroxylation is 1. The number of rotatable bonds is 6. The largest absolute Gasteiger partial charge is 0.372 e. The van der Waals surface area contributed by atoms with Crippen molar-refractivity contribution in [3.63, 3.8) is 0 Å².